The molecule has 1 aromatic heterocycles. The summed E-state index contributed by atoms with van der Waals surface area (Å²) in [7, 11) is -3.34. The Morgan fingerprint density at radius 3 is 2.70 bits per heavy atom. The van der Waals surface area contributed by atoms with E-state index in [-0.39, 0.29) is 22.6 Å². The summed E-state index contributed by atoms with van der Waals surface area (Å²) in [6.07, 6.45) is 2.07. The van der Waals surface area contributed by atoms with Crippen LogP contribution in [0.1, 0.15) is 33.6 Å². The Morgan fingerprint density at radius 2 is 2.10 bits per heavy atom. The van der Waals surface area contributed by atoms with Crippen LogP contribution in [0.25, 0.3) is 0 Å². The van der Waals surface area contributed by atoms with Gasteiger partial charge in [0.15, 0.2) is 15.7 Å². The molecular weight excluding hydrogens is 298 g/mol. The van der Waals surface area contributed by atoms with Gasteiger partial charge >= 0.3 is 0 Å². The van der Waals surface area contributed by atoms with E-state index in [1.165, 1.54) is 0 Å². The standard InChI is InChI=1S/C12H23N3O3S2/c1-4-20(16,17)10-11(13)15-19-12(10)14-7-5-6-8-18-9(2)3/h9,14H,4-8H2,1-3H3,(H2,13,15). The molecule has 0 saturated carbocycles. The van der Waals surface area contributed by atoms with Crippen molar-refractivity contribution >= 4 is 32.2 Å². The van der Waals surface area contributed by atoms with Crippen LogP contribution in [0.4, 0.5) is 10.8 Å². The number of nitrogens with two attached hydrogens (primary N) is 1. The van der Waals surface area contributed by atoms with Crippen molar-refractivity contribution in [2.24, 2.45) is 0 Å². The molecule has 8 heteroatoms. The monoisotopic (exact) mass is 321 g/mol. The minimum Gasteiger partial charge on any atom is -0.382 e. The Hall–Kier alpha value is -0.860. The Morgan fingerprint density at radius 1 is 1.40 bits per heavy atom. The molecule has 0 unspecified atom stereocenters. The molecule has 0 atom stereocenters. The summed E-state index contributed by atoms with van der Waals surface area (Å²) in [6, 6.07) is 0. The Labute approximate surface area is 124 Å². The van der Waals surface area contributed by atoms with Crippen LogP contribution in [0.15, 0.2) is 4.90 Å². The molecule has 1 rings (SSSR count). The molecule has 1 heterocycles. The number of unbranched alkanes of at least 4 members (excludes halogenated alkanes) is 1. The van der Waals surface area contributed by atoms with Gasteiger partial charge in [-0.3, -0.25) is 0 Å². The maximum absolute atomic E-state index is 11.9. The third-order valence-corrected chi connectivity index (χ3v) is 5.42. The lowest BCUT2D eigenvalue weighted by molar-refractivity contribution is 0.0765. The molecule has 0 aliphatic rings. The zero-order chi connectivity index (χ0) is 15.2. The fraction of sp³-hybridized carbons (Fsp3) is 0.750. The lowest BCUT2D eigenvalue weighted by atomic mass is 10.3. The third kappa shape index (κ3) is 4.92. The average molecular weight is 321 g/mol. The van der Waals surface area contributed by atoms with E-state index in [0.717, 1.165) is 24.4 Å². The van der Waals surface area contributed by atoms with Crippen molar-refractivity contribution < 1.29 is 13.2 Å². The number of hydrogen-bond donors (Lipinski definition) is 2. The highest BCUT2D eigenvalue weighted by atomic mass is 32.2. The van der Waals surface area contributed by atoms with Gasteiger partial charge in [-0.15, -0.1) is 0 Å². The van der Waals surface area contributed by atoms with Gasteiger partial charge in [0, 0.05) is 13.2 Å². The molecule has 0 fully saturated rings. The van der Waals surface area contributed by atoms with Crippen molar-refractivity contribution in [3.05, 3.63) is 0 Å². The number of nitrogens with zero attached hydrogens (tertiary/aromatic N) is 1. The van der Waals surface area contributed by atoms with Gasteiger partial charge in [-0.25, -0.2) is 8.42 Å². The summed E-state index contributed by atoms with van der Waals surface area (Å²) in [5.41, 5.74) is 5.65. The minimum atomic E-state index is -3.34. The molecule has 6 nitrogen and oxygen atoms in total. The first-order chi connectivity index (χ1) is 9.38. The van der Waals surface area contributed by atoms with Gasteiger partial charge in [0.25, 0.3) is 0 Å². The molecule has 20 heavy (non-hydrogen) atoms. The highest BCUT2D eigenvalue weighted by Gasteiger charge is 2.23. The number of aromatic nitrogens is 1. The molecule has 0 aromatic carbocycles. The van der Waals surface area contributed by atoms with Gasteiger partial charge in [-0.2, -0.15) is 4.37 Å². The summed E-state index contributed by atoms with van der Waals surface area (Å²) in [5, 5.41) is 3.64. The van der Waals surface area contributed by atoms with Crippen LogP contribution in [0.2, 0.25) is 0 Å². The topological polar surface area (TPSA) is 94.3 Å². The van der Waals surface area contributed by atoms with Crippen LogP contribution in [-0.4, -0.2) is 37.8 Å². The number of nitrogens with one attached hydrogen (secondary N) is 1. The SMILES string of the molecule is CCS(=O)(=O)c1c(N)nsc1NCCCCOC(C)C. The largest absolute Gasteiger partial charge is 0.382 e. The van der Waals surface area contributed by atoms with Crippen molar-refractivity contribution in [2.45, 2.75) is 44.6 Å². The van der Waals surface area contributed by atoms with Gasteiger partial charge in [0.2, 0.25) is 0 Å². The maximum Gasteiger partial charge on any atom is 0.184 e. The highest BCUT2D eigenvalue weighted by Crippen LogP contribution is 2.32. The highest BCUT2D eigenvalue weighted by molar-refractivity contribution is 7.91. The lowest BCUT2D eigenvalue weighted by Gasteiger charge is -2.08. The predicted octanol–water partition coefficient (Wildman–Crippen LogP) is 2.14. The summed E-state index contributed by atoms with van der Waals surface area (Å²) in [4.78, 5) is 0.142. The molecule has 0 spiro atoms. The van der Waals surface area contributed by atoms with Gasteiger partial charge in [0.1, 0.15) is 9.90 Å². The molecule has 116 valence electrons. The van der Waals surface area contributed by atoms with Crippen LogP contribution in [0.5, 0.6) is 0 Å². The van der Waals surface area contributed by atoms with Crippen LogP contribution in [0.3, 0.4) is 0 Å². The van der Waals surface area contributed by atoms with Crippen molar-refractivity contribution in [2.75, 3.05) is 30.0 Å². The first-order valence-corrected chi connectivity index (χ1v) is 9.14. The van der Waals surface area contributed by atoms with Gasteiger partial charge in [-0.1, -0.05) is 6.92 Å². The van der Waals surface area contributed by atoms with Gasteiger partial charge in [-0.05, 0) is 38.2 Å². The molecule has 0 aliphatic heterocycles. The summed E-state index contributed by atoms with van der Waals surface area (Å²) in [6.45, 7) is 6.99. The van der Waals surface area contributed by atoms with E-state index < -0.39 is 9.84 Å². The normalized spacial score (nSPS) is 12.0. The number of hydrogen-bond acceptors (Lipinski definition) is 7. The smallest absolute Gasteiger partial charge is 0.184 e. The first kappa shape index (κ1) is 17.2. The molecule has 1 aromatic rings. The minimum absolute atomic E-state index is 0.0204. The number of nitrogen functional groups attached to an aromatic ring is 1. The lowest BCUT2D eigenvalue weighted by Crippen LogP contribution is -2.10. The van der Waals surface area contributed by atoms with Gasteiger partial charge < -0.3 is 15.8 Å². The van der Waals surface area contributed by atoms with E-state index in [1.54, 1.807) is 6.92 Å². The summed E-state index contributed by atoms with van der Waals surface area (Å²) < 4.78 is 33.2. The predicted molar refractivity (Wildman–Crippen MR) is 83.1 cm³/mol. The van der Waals surface area contributed by atoms with Crippen LogP contribution < -0.4 is 11.1 Å². The Balaban J connectivity index is 2.50. The first-order valence-electron chi connectivity index (χ1n) is 6.71. The molecular formula is C12H23N3O3S2. The van der Waals surface area contributed by atoms with Crippen LogP contribution >= 0.6 is 11.5 Å². The summed E-state index contributed by atoms with van der Waals surface area (Å²) >= 11 is 1.09. The second-order valence-corrected chi connectivity index (χ2v) is 7.67. The van der Waals surface area contributed by atoms with E-state index >= 15 is 0 Å². The van der Waals surface area contributed by atoms with E-state index in [4.69, 9.17) is 10.5 Å². The van der Waals surface area contributed by atoms with Crippen LogP contribution in [-0.2, 0) is 14.6 Å². The molecule has 3 N–H and O–H groups in total. The van der Waals surface area contributed by atoms with Crippen molar-refractivity contribution in [3.63, 3.8) is 0 Å². The molecule has 0 aliphatic carbocycles. The molecule has 0 radical (unpaired) electrons. The second-order valence-electron chi connectivity index (χ2n) is 4.68. The molecule has 0 saturated heterocycles. The van der Waals surface area contributed by atoms with E-state index in [0.29, 0.717) is 18.2 Å². The fourth-order valence-corrected chi connectivity index (χ4v) is 3.79. The van der Waals surface area contributed by atoms with E-state index in [2.05, 4.69) is 9.69 Å². The third-order valence-electron chi connectivity index (χ3n) is 2.67. The fourth-order valence-electron chi connectivity index (χ4n) is 1.60. The average Bonchev–Trinajstić information content (AvgIpc) is 2.75. The van der Waals surface area contributed by atoms with Gasteiger partial charge in [0.05, 0.1) is 11.9 Å². The zero-order valence-corrected chi connectivity index (χ0v) is 13.8. The number of ether oxygens (including phenoxy) is 1. The zero-order valence-electron chi connectivity index (χ0n) is 12.2. The van der Waals surface area contributed by atoms with Crippen LogP contribution in [0, 0.1) is 0 Å². The number of anilines is 2. The second kappa shape index (κ2) is 7.80. The summed E-state index contributed by atoms with van der Waals surface area (Å²) in [5.74, 6) is 0.106. The number of sulfone groups is 1. The Bertz CT molecular complexity index is 512. The van der Waals surface area contributed by atoms with Crippen molar-refractivity contribution in [1.82, 2.24) is 4.37 Å². The van der Waals surface area contributed by atoms with Crippen molar-refractivity contribution in [3.8, 4) is 0 Å². The quantitative estimate of drug-likeness (QED) is 0.677. The molecule has 0 bridgehead atoms. The van der Waals surface area contributed by atoms with E-state index in [9.17, 15) is 8.42 Å². The Kier molecular flexibility index (Phi) is 6.70. The molecule has 0 amide bonds. The maximum atomic E-state index is 11.9. The number of rotatable bonds is 9. The van der Waals surface area contributed by atoms with Crippen molar-refractivity contribution in [1.29, 1.82) is 0 Å². The van der Waals surface area contributed by atoms with E-state index in [1.807, 2.05) is 13.8 Å².